The number of pyridine rings is 1. The van der Waals surface area contributed by atoms with Crippen molar-refractivity contribution in [2.45, 2.75) is 32.6 Å². The maximum Gasteiger partial charge on any atom is 0.225 e. The van der Waals surface area contributed by atoms with E-state index >= 15 is 0 Å². The molecule has 4 heterocycles. The first kappa shape index (κ1) is 15.1. The number of aromatic nitrogens is 4. The van der Waals surface area contributed by atoms with Crippen LogP contribution in [0.3, 0.4) is 0 Å². The maximum absolute atomic E-state index is 4.62. The first-order chi connectivity index (χ1) is 11.8. The first-order valence-electron chi connectivity index (χ1n) is 8.84. The van der Waals surface area contributed by atoms with Gasteiger partial charge in [-0.05, 0) is 30.9 Å². The summed E-state index contributed by atoms with van der Waals surface area (Å²) in [5, 5.41) is 0. The van der Waals surface area contributed by atoms with Gasteiger partial charge in [-0.15, -0.1) is 0 Å². The second-order valence-corrected chi connectivity index (χ2v) is 6.58. The molecule has 3 aromatic heterocycles. The van der Waals surface area contributed by atoms with Crippen LogP contribution < -0.4 is 4.90 Å². The molecule has 5 nitrogen and oxygen atoms in total. The molecule has 1 aliphatic rings. The fraction of sp³-hybridized carbons (Fsp3) is 0.421. The summed E-state index contributed by atoms with van der Waals surface area (Å²) in [6.45, 7) is 4.41. The number of hydrogen-bond acceptors (Lipinski definition) is 4. The van der Waals surface area contributed by atoms with Crippen LogP contribution in [-0.4, -0.2) is 32.4 Å². The van der Waals surface area contributed by atoms with Crippen molar-refractivity contribution in [3.63, 3.8) is 0 Å². The minimum Gasteiger partial charge on any atom is -0.341 e. The van der Waals surface area contributed by atoms with E-state index in [-0.39, 0.29) is 0 Å². The van der Waals surface area contributed by atoms with Gasteiger partial charge in [0.2, 0.25) is 5.95 Å². The predicted molar refractivity (Wildman–Crippen MR) is 96.1 cm³/mol. The Labute approximate surface area is 142 Å². The fourth-order valence-electron chi connectivity index (χ4n) is 3.52. The van der Waals surface area contributed by atoms with Crippen molar-refractivity contribution in [1.29, 1.82) is 0 Å². The lowest BCUT2D eigenvalue weighted by molar-refractivity contribution is 0.376. The average molecular weight is 321 g/mol. The molecule has 0 radical (unpaired) electrons. The maximum atomic E-state index is 4.62. The van der Waals surface area contributed by atoms with Crippen LogP contribution in [0.2, 0.25) is 0 Å². The number of anilines is 1. The van der Waals surface area contributed by atoms with Crippen molar-refractivity contribution < 1.29 is 0 Å². The highest BCUT2D eigenvalue weighted by molar-refractivity contribution is 5.61. The van der Waals surface area contributed by atoms with Gasteiger partial charge in [-0.3, -0.25) is 0 Å². The van der Waals surface area contributed by atoms with E-state index in [4.69, 9.17) is 0 Å². The van der Waals surface area contributed by atoms with E-state index in [1.807, 2.05) is 47.4 Å². The Morgan fingerprint density at radius 1 is 1.12 bits per heavy atom. The Bertz CT molecular complexity index is 767. The minimum atomic E-state index is 0.845. The highest BCUT2D eigenvalue weighted by atomic mass is 15.2. The van der Waals surface area contributed by atoms with E-state index < -0.39 is 0 Å². The number of fused-ring (bicyclic) bond motifs is 1. The summed E-state index contributed by atoms with van der Waals surface area (Å²) in [7, 11) is 0. The molecule has 1 aliphatic heterocycles. The summed E-state index contributed by atoms with van der Waals surface area (Å²) in [5.41, 5.74) is 2.81. The molecule has 0 atom stereocenters. The van der Waals surface area contributed by atoms with Crippen LogP contribution in [0.5, 0.6) is 0 Å². The Morgan fingerprint density at radius 3 is 2.62 bits per heavy atom. The van der Waals surface area contributed by atoms with Crippen LogP contribution >= 0.6 is 0 Å². The van der Waals surface area contributed by atoms with Gasteiger partial charge in [-0.25, -0.2) is 15.0 Å². The highest BCUT2D eigenvalue weighted by Crippen LogP contribution is 2.25. The molecule has 0 N–H and O–H groups in total. The normalized spacial score (nSPS) is 16.0. The summed E-state index contributed by atoms with van der Waals surface area (Å²) in [5.74, 6) is 1.72. The molecule has 0 saturated carbocycles. The number of nitrogens with zero attached hydrogens (tertiary/aromatic N) is 5. The van der Waals surface area contributed by atoms with E-state index in [0.717, 1.165) is 41.9 Å². The van der Waals surface area contributed by atoms with Crippen molar-refractivity contribution in [1.82, 2.24) is 19.4 Å². The van der Waals surface area contributed by atoms with E-state index in [1.165, 1.54) is 25.7 Å². The van der Waals surface area contributed by atoms with Crippen LogP contribution in [0.15, 0.2) is 43.0 Å². The standard InChI is InChI=1S/C19H23N5/c1-2-5-15-7-10-23(11-8-15)19-20-12-16(13-21-19)17-14-24-9-4-3-6-18(24)22-17/h3-4,6,9,12-15H,2,5,7-8,10-11H2,1H3. The van der Waals surface area contributed by atoms with Gasteiger partial charge in [0.05, 0.1) is 5.69 Å². The first-order valence-corrected chi connectivity index (χ1v) is 8.84. The van der Waals surface area contributed by atoms with Gasteiger partial charge in [0.25, 0.3) is 0 Å². The summed E-state index contributed by atoms with van der Waals surface area (Å²) in [4.78, 5) is 16.1. The molecule has 124 valence electrons. The van der Waals surface area contributed by atoms with Gasteiger partial charge in [-0.2, -0.15) is 0 Å². The zero-order valence-corrected chi connectivity index (χ0v) is 14.1. The molecule has 4 rings (SSSR count). The predicted octanol–water partition coefficient (Wildman–Crippen LogP) is 3.81. The molecule has 0 bridgehead atoms. The lowest BCUT2D eigenvalue weighted by Crippen LogP contribution is -2.34. The van der Waals surface area contributed by atoms with Gasteiger partial charge in [0.15, 0.2) is 0 Å². The third-order valence-electron chi connectivity index (χ3n) is 4.89. The van der Waals surface area contributed by atoms with Crippen LogP contribution in [0, 0.1) is 5.92 Å². The summed E-state index contributed by atoms with van der Waals surface area (Å²) < 4.78 is 2.02. The Hall–Kier alpha value is -2.43. The van der Waals surface area contributed by atoms with Gasteiger partial charge >= 0.3 is 0 Å². The molecule has 0 spiro atoms. The topological polar surface area (TPSA) is 46.3 Å². The quantitative estimate of drug-likeness (QED) is 0.733. The van der Waals surface area contributed by atoms with Gasteiger partial charge in [0.1, 0.15) is 5.65 Å². The van der Waals surface area contributed by atoms with E-state index in [2.05, 4.69) is 26.8 Å². The molecule has 0 aromatic carbocycles. The molecule has 0 unspecified atom stereocenters. The summed E-state index contributed by atoms with van der Waals surface area (Å²) >= 11 is 0. The zero-order valence-electron chi connectivity index (χ0n) is 14.1. The Kier molecular flexibility index (Phi) is 4.15. The fourth-order valence-corrected chi connectivity index (χ4v) is 3.52. The smallest absolute Gasteiger partial charge is 0.225 e. The molecule has 3 aromatic rings. The Morgan fingerprint density at radius 2 is 1.92 bits per heavy atom. The Balaban J connectivity index is 1.49. The van der Waals surface area contributed by atoms with Gasteiger partial charge in [0, 0.05) is 43.4 Å². The molecule has 1 fully saturated rings. The van der Waals surface area contributed by atoms with Crippen LogP contribution in [-0.2, 0) is 0 Å². The molecular weight excluding hydrogens is 298 g/mol. The highest BCUT2D eigenvalue weighted by Gasteiger charge is 2.20. The monoisotopic (exact) mass is 321 g/mol. The van der Waals surface area contributed by atoms with E-state index in [0.29, 0.717) is 0 Å². The third-order valence-corrected chi connectivity index (χ3v) is 4.89. The second-order valence-electron chi connectivity index (χ2n) is 6.58. The largest absolute Gasteiger partial charge is 0.341 e. The van der Waals surface area contributed by atoms with E-state index in [9.17, 15) is 0 Å². The average Bonchev–Trinajstić information content (AvgIpc) is 3.07. The molecule has 0 aliphatic carbocycles. The summed E-state index contributed by atoms with van der Waals surface area (Å²) in [6, 6.07) is 5.99. The molecule has 24 heavy (non-hydrogen) atoms. The molecule has 0 amide bonds. The van der Waals surface area contributed by atoms with Crippen LogP contribution in [0.4, 0.5) is 5.95 Å². The minimum absolute atomic E-state index is 0.845. The van der Waals surface area contributed by atoms with Gasteiger partial charge < -0.3 is 9.30 Å². The third kappa shape index (κ3) is 2.98. The van der Waals surface area contributed by atoms with Gasteiger partial charge in [-0.1, -0.05) is 25.8 Å². The van der Waals surface area contributed by atoms with Crippen molar-refractivity contribution in [2.75, 3.05) is 18.0 Å². The van der Waals surface area contributed by atoms with Crippen molar-refractivity contribution >= 4 is 11.6 Å². The number of rotatable bonds is 4. The number of piperidine rings is 1. The lowest BCUT2D eigenvalue weighted by atomic mass is 9.93. The van der Waals surface area contributed by atoms with E-state index in [1.54, 1.807) is 0 Å². The zero-order chi connectivity index (χ0) is 16.4. The second kappa shape index (κ2) is 6.59. The molecule has 5 heteroatoms. The molecule has 1 saturated heterocycles. The van der Waals surface area contributed by atoms with Crippen molar-refractivity contribution in [3.8, 4) is 11.3 Å². The number of imidazole rings is 1. The van der Waals surface area contributed by atoms with Crippen LogP contribution in [0.25, 0.3) is 16.9 Å². The van der Waals surface area contributed by atoms with Crippen molar-refractivity contribution in [2.24, 2.45) is 5.92 Å². The molecular formula is C19H23N5. The van der Waals surface area contributed by atoms with Crippen molar-refractivity contribution in [3.05, 3.63) is 43.0 Å². The van der Waals surface area contributed by atoms with Crippen LogP contribution in [0.1, 0.15) is 32.6 Å². The SMILES string of the molecule is CCCC1CCN(c2ncc(-c3cn4ccccc4n3)cn2)CC1. The lowest BCUT2D eigenvalue weighted by Gasteiger charge is -2.31. The summed E-state index contributed by atoms with van der Waals surface area (Å²) in [6.07, 6.45) is 12.9. The number of hydrogen-bond donors (Lipinski definition) is 0.